The Balaban J connectivity index is 2.54. The third-order valence-corrected chi connectivity index (χ3v) is 3.71. The van der Waals surface area contributed by atoms with Crippen molar-refractivity contribution >= 4 is 23.8 Å². The first kappa shape index (κ1) is 24.3. The first-order chi connectivity index (χ1) is 14.8. The molecule has 1 aromatic heterocycles. The summed E-state index contributed by atoms with van der Waals surface area (Å²) < 4.78 is 10.6. The molecule has 0 fully saturated rings. The second-order valence-electron chi connectivity index (χ2n) is 8.83. The van der Waals surface area contributed by atoms with Crippen molar-refractivity contribution in [1.82, 2.24) is 4.98 Å². The lowest BCUT2D eigenvalue weighted by molar-refractivity contribution is 0.0601. The molecule has 0 aliphatic rings. The van der Waals surface area contributed by atoms with E-state index < -0.39 is 29.3 Å². The summed E-state index contributed by atoms with van der Waals surface area (Å²) in [6.07, 6.45) is -0.218. The molecule has 0 saturated carbocycles. The molecular formula is C23H27N5O4. The van der Waals surface area contributed by atoms with E-state index in [0.29, 0.717) is 16.8 Å². The van der Waals surface area contributed by atoms with Gasteiger partial charge in [0.15, 0.2) is 0 Å². The van der Waals surface area contributed by atoms with E-state index in [1.165, 1.54) is 0 Å². The van der Waals surface area contributed by atoms with Crippen LogP contribution < -0.4 is 10.6 Å². The van der Waals surface area contributed by atoms with E-state index in [4.69, 9.17) is 15.2 Å². The molecule has 0 radical (unpaired) electrons. The molecule has 0 atom stereocenters. The summed E-state index contributed by atoms with van der Waals surface area (Å²) in [6.45, 7) is 10.2. The van der Waals surface area contributed by atoms with E-state index in [1.54, 1.807) is 84.1 Å². The van der Waals surface area contributed by atoms with Gasteiger partial charge in [0.1, 0.15) is 17.3 Å². The van der Waals surface area contributed by atoms with Crippen LogP contribution in [0.4, 0.5) is 15.3 Å². The van der Waals surface area contributed by atoms with E-state index >= 15 is 0 Å². The Labute approximate surface area is 187 Å². The number of aliphatic imine (C=N–C) groups is 1. The predicted octanol–water partition coefficient (Wildman–Crippen LogP) is 4.61. The number of hydrogen-bond donors (Lipinski definition) is 1. The summed E-state index contributed by atoms with van der Waals surface area (Å²) in [7, 11) is 0. The number of anilines is 1. The Hall–Kier alpha value is -3.93. The SMILES string of the molecule is CC(C)(C)OC(=O)N=C(N)N(C(=O)OC(C)(C)C)c1cccc(-c2ncccc2C#N)c1. The number of pyridine rings is 1. The van der Waals surface area contributed by atoms with E-state index in [2.05, 4.69) is 16.0 Å². The van der Waals surface area contributed by atoms with Crippen molar-refractivity contribution in [1.29, 1.82) is 5.26 Å². The maximum atomic E-state index is 13.0. The highest BCUT2D eigenvalue weighted by Crippen LogP contribution is 2.27. The molecule has 2 amide bonds. The Morgan fingerprint density at radius 2 is 1.72 bits per heavy atom. The zero-order valence-corrected chi connectivity index (χ0v) is 19.0. The van der Waals surface area contributed by atoms with Gasteiger partial charge in [-0.25, -0.2) is 14.5 Å². The zero-order chi connectivity index (χ0) is 24.1. The second-order valence-corrected chi connectivity index (χ2v) is 8.83. The fourth-order valence-corrected chi connectivity index (χ4v) is 2.58. The molecule has 32 heavy (non-hydrogen) atoms. The first-order valence-electron chi connectivity index (χ1n) is 9.86. The highest BCUT2D eigenvalue weighted by Gasteiger charge is 2.28. The summed E-state index contributed by atoms with van der Waals surface area (Å²) in [5.41, 5.74) is 6.07. The average molecular weight is 438 g/mol. The summed E-state index contributed by atoms with van der Waals surface area (Å²) in [5.74, 6) is -0.424. The van der Waals surface area contributed by atoms with Crippen LogP contribution >= 0.6 is 0 Å². The number of hydrogen-bond acceptors (Lipinski definition) is 6. The molecule has 2 N–H and O–H groups in total. The van der Waals surface area contributed by atoms with Crippen LogP contribution in [0.15, 0.2) is 47.6 Å². The Morgan fingerprint density at radius 1 is 1.06 bits per heavy atom. The van der Waals surface area contributed by atoms with Crippen molar-refractivity contribution in [3.8, 4) is 17.3 Å². The number of aromatic nitrogens is 1. The van der Waals surface area contributed by atoms with Crippen LogP contribution in [0.1, 0.15) is 47.1 Å². The molecular weight excluding hydrogens is 410 g/mol. The van der Waals surface area contributed by atoms with Crippen LogP contribution in [-0.2, 0) is 9.47 Å². The molecule has 0 aliphatic heterocycles. The van der Waals surface area contributed by atoms with Crippen molar-refractivity contribution in [2.75, 3.05) is 4.90 Å². The van der Waals surface area contributed by atoms with Gasteiger partial charge < -0.3 is 15.2 Å². The standard InChI is InChI=1S/C23H27N5O4/c1-22(2,3)31-20(29)27-19(25)28(21(30)32-23(4,5)6)17-11-7-9-15(13-17)18-16(14-24)10-8-12-26-18/h7-13H,1-6H3,(H2,25,27,29). The van der Waals surface area contributed by atoms with E-state index in [-0.39, 0.29) is 5.69 Å². The van der Waals surface area contributed by atoms with Crippen LogP contribution in [0.25, 0.3) is 11.3 Å². The third kappa shape index (κ3) is 6.80. The quantitative estimate of drug-likeness (QED) is 0.536. The number of rotatable bonds is 2. The van der Waals surface area contributed by atoms with Crippen LogP contribution in [-0.4, -0.2) is 34.3 Å². The summed E-state index contributed by atoms with van der Waals surface area (Å²) in [5, 5.41) is 9.39. The highest BCUT2D eigenvalue weighted by molar-refractivity contribution is 6.15. The van der Waals surface area contributed by atoms with Gasteiger partial charge in [0, 0.05) is 11.8 Å². The van der Waals surface area contributed by atoms with E-state index in [0.717, 1.165) is 4.90 Å². The Bertz CT molecular complexity index is 1070. The van der Waals surface area contributed by atoms with Crippen LogP contribution in [0.2, 0.25) is 0 Å². The molecule has 0 unspecified atom stereocenters. The lowest BCUT2D eigenvalue weighted by Crippen LogP contribution is -2.45. The maximum Gasteiger partial charge on any atom is 0.437 e. The number of nitrogens with zero attached hydrogens (tertiary/aromatic N) is 4. The number of nitriles is 1. The van der Waals surface area contributed by atoms with Crippen molar-refractivity contribution in [2.24, 2.45) is 10.7 Å². The monoisotopic (exact) mass is 437 g/mol. The molecule has 2 aromatic rings. The second kappa shape index (κ2) is 9.47. The van der Waals surface area contributed by atoms with Crippen LogP contribution in [0, 0.1) is 11.3 Å². The fourth-order valence-electron chi connectivity index (χ4n) is 2.58. The van der Waals surface area contributed by atoms with Crippen molar-refractivity contribution in [2.45, 2.75) is 52.7 Å². The first-order valence-corrected chi connectivity index (χ1v) is 9.86. The minimum absolute atomic E-state index is 0.274. The summed E-state index contributed by atoms with van der Waals surface area (Å²) >= 11 is 0. The molecule has 168 valence electrons. The molecule has 1 aromatic carbocycles. The Morgan fingerprint density at radius 3 is 2.31 bits per heavy atom. The number of guanidine groups is 1. The number of ether oxygens (including phenoxy) is 2. The fraction of sp³-hybridized carbons (Fsp3) is 0.348. The van der Waals surface area contributed by atoms with Gasteiger partial charge >= 0.3 is 12.2 Å². The highest BCUT2D eigenvalue weighted by atomic mass is 16.6. The molecule has 0 saturated heterocycles. The van der Waals surface area contributed by atoms with Gasteiger partial charge in [-0.05, 0) is 65.8 Å². The van der Waals surface area contributed by atoms with Crippen molar-refractivity contribution in [3.63, 3.8) is 0 Å². The van der Waals surface area contributed by atoms with E-state index in [1.807, 2.05) is 0 Å². The zero-order valence-electron chi connectivity index (χ0n) is 19.0. The number of benzene rings is 1. The molecule has 0 spiro atoms. The molecule has 9 nitrogen and oxygen atoms in total. The number of nitrogens with two attached hydrogens (primary N) is 1. The van der Waals surface area contributed by atoms with Gasteiger partial charge in [-0.1, -0.05) is 12.1 Å². The number of carbonyl (C=O) groups excluding carboxylic acids is 2. The van der Waals surface area contributed by atoms with Gasteiger partial charge in [0.05, 0.1) is 16.9 Å². The van der Waals surface area contributed by atoms with Crippen LogP contribution in [0.5, 0.6) is 0 Å². The lowest BCUT2D eigenvalue weighted by atomic mass is 10.1. The normalized spacial score (nSPS) is 12.0. The van der Waals surface area contributed by atoms with Gasteiger partial charge in [-0.2, -0.15) is 5.26 Å². The average Bonchev–Trinajstić information content (AvgIpc) is 2.65. The van der Waals surface area contributed by atoms with Gasteiger partial charge in [0.2, 0.25) is 5.96 Å². The van der Waals surface area contributed by atoms with Crippen LogP contribution in [0.3, 0.4) is 0 Å². The molecule has 2 rings (SSSR count). The molecule has 9 heteroatoms. The topological polar surface area (TPSA) is 131 Å². The molecule has 1 heterocycles. The number of amides is 2. The van der Waals surface area contributed by atoms with Gasteiger partial charge in [-0.3, -0.25) is 4.98 Å². The summed E-state index contributed by atoms with van der Waals surface area (Å²) in [4.78, 5) is 34.1. The Kier molecular flexibility index (Phi) is 7.21. The minimum atomic E-state index is -0.948. The predicted molar refractivity (Wildman–Crippen MR) is 121 cm³/mol. The minimum Gasteiger partial charge on any atom is -0.443 e. The molecule has 0 aliphatic carbocycles. The lowest BCUT2D eigenvalue weighted by Gasteiger charge is -2.27. The largest absolute Gasteiger partial charge is 0.443 e. The molecule has 0 bridgehead atoms. The van der Waals surface area contributed by atoms with Crippen molar-refractivity contribution < 1.29 is 19.1 Å². The van der Waals surface area contributed by atoms with Gasteiger partial charge in [0.25, 0.3) is 0 Å². The third-order valence-electron chi connectivity index (χ3n) is 3.71. The smallest absolute Gasteiger partial charge is 0.437 e. The van der Waals surface area contributed by atoms with E-state index in [9.17, 15) is 14.9 Å². The number of carbonyl (C=O) groups is 2. The maximum absolute atomic E-state index is 13.0. The van der Waals surface area contributed by atoms with Gasteiger partial charge in [-0.15, -0.1) is 4.99 Å². The van der Waals surface area contributed by atoms with Crippen molar-refractivity contribution in [3.05, 3.63) is 48.2 Å². The summed E-state index contributed by atoms with van der Waals surface area (Å²) in [6, 6.07) is 12.0.